The predicted octanol–water partition coefficient (Wildman–Crippen LogP) is 6.62. The highest BCUT2D eigenvalue weighted by atomic mass is 19.1. The van der Waals surface area contributed by atoms with Gasteiger partial charge in [-0.25, -0.2) is 4.39 Å². The molecule has 162 valence electrons. The number of aryl methyl sites for hydroxylation is 1. The summed E-state index contributed by atoms with van der Waals surface area (Å²) in [7, 11) is 3.02. The number of methoxy groups -OCH3 is 2. The molecule has 0 aliphatic heterocycles. The van der Waals surface area contributed by atoms with Crippen molar-refractivity contribution in [2.75, 3.05) is 14.2 Å². The first-order chi connectivity index (χ1) is 13.6. The summed E-state index contributed by atoms with van der Waals surface area (Å²) in [5.74, 6) is -1.64. The summed E-state index contributed by atoms with van der Waals surface area (Å²) in [6.45, 7) is 2.23. The SMILES string of the molecule is CCCCCCCCC(CCCCCCc1cccc(F)c1)C(O)(OC)OC. The maximum atomic E-state index is 13.2. The number of rotatable bonds is 17. The molecule has 0 aromatic heterocycles. The molecule has 0 fully saturated rings. The van der Waals surface area contributed by atoms with Gasteiger partial charge in [-0.15, -0.1) is 0 Å². The van der Waals surface area contributed by atoms with E-state index >= 15 is 0 Å². The standard InChI is InChI=1S/C24H41FO3/c1-4-5-6-7-8-12-17-22(24(26,27-2)28-3)18-13-10-9-11-15-21-16-14-19-23(25)20-21/h14,16,19-20,22,26H,4-13,15,17-18H2,1-3H3. The molecule has 0 bridgehead atoms. The van der Waals surface area contributed by atoms with Gasteiger partial charge in [-0.1, -0.05) is 76.8 Å². The van der Waals surface area contributed by atoms with Gasteiger partial charge in [0.2, 0.25) is 0 Å². The molecule has 0 heterocycles. The molecule has 0 aliphatic rings. The monoisotopic (exact) mass is 396 g/mol. The normalized spacial score (nSPS) is 13.0. The molecule has 1 aromatic rings. The number of benzene rings is 1. The van der Waals surface area contributed by atoms with Crippen LogP contribution in [-0.2, 0) is 15.9 Å². The third kappa shape index (κ3) is 9.99. The fraction of sp³-hybridized carbons (Fsp3) is 0.750. The average Bonchev–Trinajstić information content (AvgIpc) is 2.71. The summed E-state index contributed by atoms with van der Waals surface area (Å²) in [4.78, 5) is 0. The lowest BCUT2D eigenvalue weighted by molar-refractivity contribution is -0.369. The van der Waals surface area contributed by atoms with E-state index in [1.54, 1.807) is 12.1 Å². The minimum Gasteiger partial charge on any atom is -0.343 e. The highest BCUT2D eigenvalue weighted by Crippen LogP contribution is 2.30. The van der Waals surface area contributed by atoms with Crippen molar-refractivity contribution in [1.29, 1.82) is 0 Å². The van der Waals surface area contributed by atoms with Crippen molar-refractivity contribution in [3.8, 4) is 0 Å². The van der Waals surface area contributed by atoms with E-state index in [1.165, 1.54) is 52.4 Å². The topological polar surface area (TPSA) is 38.7 Å². The van der Waals surface area contributed by atoms with Gasteiger partial charge in [0.15, 0.2) is 0 Å². The molecule has 28 heavy (non-hydrogen) atoms. The maximum absolute atomic E-state index is 13.2. The fourth-order valence-corrected chi connectivity index (χ4v) is 3.86. The molecule has 0 saturated carbocycles. The molecule has 0 amide bonds. The molecular formula is C24H41FO3. The van der Waals surface area contributed by atoms with Crippen molar-refractivity contribution in [2.24, 2.45) is 5.92 Å². The lowest BCUT2D eigenvalue weighted by Gasteiger charge is -2.33. The van der Waals surface area contributed by atoms with E-state index < -0.39 is 5.97 Å². The predicted molar refractivity (Wildman–Crippen MR) is 114 cm³/mol. The van der Waals surface area contributed by atoms with Crippen molar-refractivity contribution in [2.45, 2.75) is 96.4 Å². The van der Waals surface area contributed by atoms with E-state index in [4.69, 9.17) is 9.47 Å². The number of aliphatic hydroxyl groups is 1. The van der Waals surface area contributed by atoms with Gasteiger partial charge in [-0.3, -0.25) is 0 Å². The second kappa shape index (κ2) is 14.9. The molecule has 1 N–H and O–H groups in total. The summed E-state index contributed by atoms with van der Waals surface area (Å²) in [5.41, 5.74) is 1.06. The first-order valence-corrected chi connectivity index (χ1v) is 11.1. The van der Waals surface area contributed by atoms with E-state index in [-0.39, 0.29) is 11.7 Å². The molecule has 1 rings (SSSR count). The Balaban J connectivity index is 2.29. The zero-order valence-electron chi connectivity index (χ0n) is 18.2. The highest BCUT2D eigenvalue weighted by Gasteiger charge is 2.36. The van der Waals surface area contributed by atoms with E-state index in [1.807, 2.05) is 6.07 Å². The Morgan fingerprint density at radius 1 is 0.893 bits per heavy atom. The summed E-state index contributed by atoms with van der Waals surface area (Å²) in [5, 5.41) is 10.6. The quantitative estimate of drug-likeness (QED) is 0.237. The van der Waals surface area contributed by atoms with Crippen LogP contribution in [0.25, 0.3) is 0 Å². The third-order valence-electron chi connectivity index (χ3n) is 5.66. The Bertz CT molecular complexity index is 502. The fourth-order valence-electron chi connectivity index (χ4n) is 3.86. The lowest BCUT2D eigenvalue weighted by Crippen LogP contribution is -2.42. The Labute approximate surface area is 171 Å². The van der Waals surface area contributed by atoms with Gasteiger partial charge in [-0.05, 0) is 43.4 Å². The zero-order chi connectivity index (χ0) is 20.7. The summed E-state index contributed by atoms with van der Waals surface area (Å²) < 4.78 is 23.8. The van der Waals surface area contributed by atoms with Crippen LogP contribution in [0.1, 0.15) is 89.5 Å². The number of halogens is 1. The van der Waals surface area contributed by atoms with E-state index in [2.05, 4.69) is 6.92 Å². The summed E-state index contributed by atoms with van der Waals surface area (Å²) >= 11 is 0. The molecule has 1 aromatic carbocycles. The van der Waals surface area contributed by atoms with Crippen molar-refractivity contribution in [1.82, 2.24) is 0 Å². The Morgan fingerprint density at radius 2 is 1.46 bits per heavy atom. The zero-order valence-corrected chi connectivity index (χ0v) is 18.2. The number of ether oxygens (including phenoxy) is 2. The van der Waals surface area contributed by atoms with Gasteiger partial charge in [0.25, 0.3) is 5.97 Å². The number of unbranched alkanes of at least 4 members (excludes halogenated alkanes) is 8. The molecule has 3 nitrogen and oxygen atoms in total. The molecular weight excluding hydrogens is 355 g/mol. The van der Waals surface area contributed by atoms with Crippen molar-refractivity contribution in [3.05, 3.63) is 35.6 Å². The summed E-state index contributed by atoms with van der Waals surface area (Å²) in [6.07, 6.45) is 14.5. The Hall–Kier alpha value is -0.970. The second-order valence-electron chi connectivity index (χ2n) is 7.88. The first kappa shape index (κ1) is 25.1. The molecule has 0 spiro atoms. The molecule has 4 heteroatoms. The highest BCUT2D eigenvalue weighted by molar-refractivity contribution is 5.16. The van der Waals surface area contributed by atoms with Crippen LogP contribution in [0.3, 0.4) is 0 Å². The third-order valence-corrected chi connectivity index (χ3v) is 5.66. The van der Waals surface area contributed by atoms with E-state index in [9.17, 15) is 9.50 Å². The van der Waals surface area contributed by atoms with Crippen LogP contribution in [0.15, 0.2) is 24.3 Å². The van der Waals surface area contributed by atoms with Gasteiger partial charge >= 0.3 is 0 Å². The first-order valence-electron chi connectivity index (χ1n) is 11.1. The maximum Gasteiger partial charge on any atom is 0.282 e. The van der Waals surface area contributed by atoms with Crippen LogP contribution in [0.4, 0.5) is 4.39 Å². The molecule has 1 unspecified atom stereocenters. The van der Waals surface area contributed by atoms with Crippen LogP contribution in [0.2, 0.25) is 0 Å². The second-order valence-corrected chi connectivity index (χ2v) is 7.88. The van der Waals surface area contributed by atoms with E-state index in [0.717, 1.165) is 56.9 Å². The van der Waals surface area contributed by atoms with Crippen LogP contribution in [0, 0.1) is 11.7 Å². The van der Waals surface area contributed by atoms with E-state index in [0.29, 0.717) is 0 Å². The van der Waals surface area contributed by atoms with Gasteiger partial charge < -0.3 is 14.6 Å². The number of hydrogen-bond donors (Lipinski definition) is 1. The lowest BCUT2D eigenvalue weighted by atomic mass is 9.91. The van der Waals surface area contributed by atoms with Crippen LogP contribution in [0.5, 0.6) is 0 Å². The summed E-state index contributed by atoms with van der Waals surface area (Å²) in [6, 6.07) is 6.86. The molecule has 0 aliphatic carbocycles. The largest absolute Gasteiger partial charge is 0.343 e. The van der Waals surface area contributed by atoms with Gasteiger partial charge in [0.1, 0.15) is 5.82 Å². The molecule has 0 radical (unpaired) electrons. The van der Waals surface area contributed by atoms with Crippen molar-refractivity contribution < 1.29 is 19.0 Å². The van der Waals surface area contributed by atoms with Crippen LogP contribution >= 0.6 is 0 Å². The smallest absolute Gasteiger partial charge is 0.282 e. The minimum absolute atomic E-state index is 0.00288. The van der Waals surface area contributed by atoms with Crippen LogP contribution < -0.4 is 0 Å². The molecule has 1 atom stereocenters. The van der Waals surface area contributed by atoms with Gasteiger partial charge in [-0.2, -0.15) is 0 Å². The van der Waals surface area contributed by atoms with Gasteiger partial charge in [0, 0.05) is 20.1 Å². The number of hydrogen-bond acceptors (Lipinski definition) is 3. The Morgan fingerprint density at radius 3 is 2.04 bits per heavy atom. The average molecular weight is 397 g/mol. The van der Waals surface area contributed by atoms with Crippen molar-refractivity contribution >= 4 is 0 Å². The van der Waals surface area contributed by atoms with Crippen molar-refractivity contribution in [3.63, 3.8) is 0 Å². The van der Waals surface area contributed by atoms with Crippen LogP contribution in [-0.4, -0.2) is 25.3 Å². The Kier molecular flexibility index (Phi) is 13.4. The molecule has 0 saturated heterocycles. The minimum atomic E-state index is -1.48. The van der Waals surface area contributed by atoms with Gasteiger partial charge in [0.05, 0.1) is 0 Å².